The monoisotopic (exact) mass is 410 g/mol. The molecule has 0 aliphatic heterocycles. The number of rotatable bonds is 7. The number of carbonyl (C=O) groups excluding carboxylic acids is 1. The number of nitrogens with zero attached hydrogens (tertiary/aromatic N) is 1. The molecule has 0 aliphatic rings. The second kappa shape index (κ2) is 8.98. The Kier molecular flexibility index (Phi) is 6.41. The summed E-state index contributed by atoms with van der Waals surface area (Å²) in [6.45, 7) is 1.81. The lowest BCUT2D eigenvalue weighted by molar-refractivity contribution is -0.121. The van der Waals surface area contributed by atoms with Crippen LogP contribution in [0, 0.1) is 0 Å². The van der Waals surface area contributed by atoms with E-state index in [0.29, 0.717) is 11.3 Å². The Morgan fingerprint density at radius 2 is 1.59 bits per heavy atom. The van der Waals surface area contributed by atoms with E-state index in [0.717, 1.165) is 16.7 Å². The smallest absolute Gasteiger partial charge is 0.269 e. The molecule has 0 unspecified atom stereocenters. The number of amides is 1. The molecule has 1 aromatic heterocycles. The topological polar surface area (TPSA) is 96.4 Å². The summed E-state index contributed by atoms with van der Waals surface area (Å²) in [7, 11) is -4.09. The van der Waals surface area contributed by atoms with Crippen LogP contribution in [0.3, 0.4) is 0 Å². The van der Waals surface area contributed by atoms with Crippen LogP contribution in [0.1, 0.15) is 29.8 Å². The first-order chi connectivity index (χ1) is 13.8. The normalized spacial score (nSPS) is 12.3. The van der Waals surface area contributed by atoms with Crippen molar-refractivity contribution in [1.29, 1.82) is 0 Å². The van der Waals surface area contributed by atoms with Crippen LogP contribution in [0.25, 0.3) is 11.1 Å². The van der Waals surface area contributed by atoms with Gasteiger partial charge in [0.15, 0.2) is 0 Å². The fraction of sp³-hybridized carbons (Fsp3) is 0.182. The van der Waals surface area contributed by atoms with E-state index in [9.17, 15) is 13.2 Å². The van der Waals surface area contributed by atoms with Gasteiger partial charge < -0.3 is 5.32 Å². The average molecular weight is 410 g/mol. The quantitative estimate of drug-likeness (QED) is 0.581. The Hall–Kier alpha value is -3.03. The van der Waals surface area contributed by atoms with Crippen molar-refractivity contribution in [1.82, 2.24) is 10.3 Å². The third-order valence-corrected chi connectivity index (χ3v) is 5.14. The number of carbonyl (C=O) groups is 1. The Labute approximate surface area is 170 Å². The summed E-state index contributed by atoms with van der Waals surface area (Å²) in [6.07, 6.45) is 1.63. The van der Waals surface area contributed by atoms with E-state index in [1.165, 1.54) is 6.20 Å². The largest absolute Gasteiger partial charge is 0.348 e. The molecule has 2 aromatic carbocycles. The van der Waals surface area contributed by atoms with Gasteiger partial charge in [-0.2, -0.15) is 8.42 Å². The lowest BCUT2D eigenvalue weighted by Crippen LogP contribution is -2.28. The zero-order valence-electron chi connectivity index (χ0n) is 15.9. The summed E-state index contributed by atoms with van der Waals surface area (Å²) < 4.78 is 30.7. The minimum Gasteiger partial charge on any atom is -0.348 e. The van der Waals surface area contributed by atoms with Crippen molar-refractivity contribution in [3.63, 3.8) is 0 Å². The lowest BCUT2D eigenvalue weighted by Gasteiger charge is -2.14. The van der Waals surface area contributed by atoms with Gasteiger partial charge in [0, 0.05) is 6.20 Å². The molecule has 3 aromatic rings. The van der Waals surface area contributed by atoms with Gasteiger partial charge in [-0.1, -0.05) is 60.7 Å². The molecule has 0 spiro atoms. The summed E-state index contributed by atoms with van der Waals surface area (Å²) in [6, 6.07) is 20.8. The maximum atomic E-state index is 12.4. The van der Waals surface area contributed by atoms with Gasteiger partial charge >= 0.3 is 0 Å². The van der Waals surface area contributed by atoms with E-state index in [-0.39, 0.29) is 18.4 Å². The predicted molar refractivity (Wildman–Crippen MR) is 112 cm³/mol. The minimum atomic E-state index is -4.09. The highest BCUT2D eigenvalue weighted by molar-refractivity contribution is 7.85. The molecule has 0 aliphatic carbocycles. The molecule has 7 heteroatoms. The first-order valence-electron chi connectivity index (χ1n) is 9.14. The van der Waals surface area contributed by atoms with Crippen molar-refractivity contribution in [2.75, 3.05) is 0 Å². The van der Waals surface area contributed by atoms with E-state index >= 15 is 0 Å². The maximum absolute atomic E-state index is 12.4. The summed E-state index contributed by atoms with van der Waals surface area (Å²) >= 11 is 0. The molecule has 150 valence electrons. The molecule has 0 radical (unpaired) electrons. The molecular weight excluding hydrogens is 388 g/mol. The molecule has 1 atom stereocenters. The van der Waals surface area contributed by atoms with Gasteiger partial charge in [-0.05, 0) is 35.2 Å². The van der Waals surface area contributed by atoms with E-state index in [1.54, 1.807) is 19.1 Å². The molecule has 3 rings (SSSR count). The molecule has 29 heavy (non-hydrogen) atoms. The van der Waals surface area contributed by atoms with E-state index in [4.69, 9.17) is 4.55 Å². The zero-order chi connectivity index (χ0) is 20.9. The van der Waals surface area contributed by atoms with Gasteiger partial charge in [0.05, 0.1) is 18.2 Å². The summed E-state index contributed by atoms with van der Waals surface area (Å²) in [5.41, 5.74) is 4.12. The van der Waals surface area contributed by atoms with Crippen LogP contribution < -0.4 is 5.32 Å². The summed E-state index contributed by atoms with van der Waals surface area (Å²) in [4.78, 5) is 16.5. The maximum Gasteiger partial charge on any atom is 0.269 e. The van der Waals surface area contributed by atoms with Gasteiger partial charge in [-0.15, -0.1) is 0 Å². The fourth-order valence-electron chi connectivity index (χ4n) is 2.99. The lowest BCUT2D eigenvalue weighted by atomic mass is 10.0. The Balaban J connectivity index is 1.57. The fourth-order valence-corrected chi connectivity index (χ4v) is 3.58. The molecule has 0 saturated carbocycles. The van der Waals surface area contributed by atoms with E-state index in [2.05, 4.69) is 10.3 Å². The van der Waals surface area contributed by atoms with Crippen molar-refractivity contribution >= 4 is 16.0 Å². The molecular formula is C22H22N2O4S. The van der Waals surface area contributed by atoms with E-state index in [1.807, 2.05) is 54.6 Å². The van der Waals surface area contributed by atoms with Gasteiger partial charge in [0.1, 0.15) is 5.75 Å². The Morgan fingerprint density at radius 3 is 2.17 bits per heavy atom. The SMILES string of the molecule is C[C@@H](NC(=O)Cc1ccc(-c2ccccc2)cc1)c1ccc(CS(=O)(=O)O)cn1. The molecule has 1 heterocycles. The minimum absolute atomic E-state index is 0.131. The summed E-state index contributed by atoms with van der Waals surface area (Å²) in [5, 5.41) is 2.89. The Morgan fingerprint density at radius 1 is 0.966 bits per heavy atom. The highest BCUT2D eigenvalue weighted by atomic mass is 32.2. The second-order valence-corrected chi connectivity index (χ2v) is 8.30. The third kappa shape index (κ3) is 6.23. The second-order valence-electron chi connectivity index (χ2n) is 6.85. The van der Waals surface area contributed by atoms with Gasteiger partial charge in [0.2, 0.25) is 5.91 Å². The van der Waals surface area contributed by atoms with Gasteiger partial charge in [0.25, 0.3) is 10.1 Å². The number of pyridine rings is 1. The van der Waals surface area contributed by atoms with E-state index < -0.39 is 15.9 Å². The first-order valence-corrected chi connectivity index (χ1v) is 10.7. The van der Waals surface area contributed by atoms with Gasteiger partial charge in [-0.25, -0.2) is 0 Å². The van der Waals surface area contributed by atoms with Crippen molar-refractivity contribution in [3.8, 4) is 11.1 Å². The molecule has 0 bridgehead atoms. The average Bonchev–Trinajstić information content (AvgIpc) is 2.68. The van der Waals surface area contributed by atoms with Crippen molar-refractivity contribution in [2.24, 2.45) is 0 Å². The number of nitrogens with one attached hydrogen (secondary N) is 1. The highest BCUT2D eigenvalue weighted by Gasteiger charge is 2.13. The molecule has 6 nitrogen and oxygen atoms in total. The standard InChI is InChI=1S/C22H22N2O4S/c1-16(21-12-9-18(14-23-21)15-29(26,27)28)24-22(25)13-17-7-10-20(11-8-17)19-5-3-2-4-6-19/h2-12,14,16H,13,15H2,1H3,(H,24,25)(H,26,27,28)/t16-/m1/s1. The highest BCUT2D eigenvalue weighted by Crippen LogP contribution is 2.19. The van der Waals surface area contributed by atoms with Crippen LogP contribution in [0.4, 0.5) is 0 Å². The first kappa shape index (κ1) is 20.7. The van der Waals surface area contributed by atoms with Crippen molar-refractivity contribution in [3.05, 3.63) is 89.7 Å². The van der Waals surface area contributed by atoms with Gasteiger partial charge in [-0.3, -0.25) is 14.3 Å². The van der Waals surface area contributed by atoms with Crippen molar-refractivity contribution in [2.45, 2.75) is 25.1 Å². The Bertz CT molecular complexity index is 1060. The van der Waals surface area contributed by atoms with Crippen LogP contribution in [0.2, 0.25) is 0 Å². The number of hydrogen-bond donors (Lipinski definition) is 2. The van der Waals surface area contributed by atoms with Crippen LogP contribution in [0.5, 0.6) is 0 Å². The molecule has 1 amide bonds. The number of hydrogen-bond acceptors (Lipinski definition) is 4. The van der Waals surface area contributed by atoms with Crippen molar-refractivity contribution < 1.29 is 17.8 Å². The summed E-state index contributed by atoms with van der Waals surface area (Å²) in [5.74, 6) is -0.617. The van der Waals surface area contributed by atoms with Crippen LogP contribution in [-0.2, 0) is 27.1 Å². The van der Waals surface area contributed by atoms with Crippen LogP contribution >= 0.6 is 0 Å². The third-order valence-electron chi connectivity index (χ3n) is 4.44. The molecule has 0 saturated heterocycles. The number of aromatic nitrogens is 1. The van der Waals surface area contributed by atoms with Crippen LogP contribution in [-0.4, -0.2) is 23.9 Å². The predicted octanol–water partition coefficient (Wildman–Crippen LogP) is 3.56. The number of benzene rings is 2. The molecule has 0 fully saturated rings. The zero-order valence-corrected chi connectivity index (χ0v) is 16.8. The van der Waals surface area contributed by atoms with Crippen LogP contribution in [0.15, 0.2) is 72.9 Å². The molecule has 2 N–H and O–H groups in total.